The first-order valence-electron chi connectivity index (χ1n) is 7.27. The van der Waals surface area contributed by atoms with Crippen LogP contribution in [0, 0.1) is 0 Å². The normalized spacial score (nSPS) is 13.9. The Balaban J connectivity index is 2.03. The van der Waals surface area contributed by atoms with E-state index in [9.17, 15) is 13.2 Å². The summed E-state index contributed by atoms with van der Waals surface area (Å²) in [4.78, 5) is 14.9. The van der Waals surface area contributed by atoms with Crippen molar-refractivity contribution in [3.8, 4) is 0 Å². The lowest BCUT2D eigenvalue weighted by molar-refractivity contribution is 0.0696. The Bertz CT molecular complexity index is 877. The summed E-state index contributed by atoms with van der Waals surface area (Å²) >= 11 is 0. The molecular weight excluding hydrogens is 316 g/mol. The zero-order valence-electron chi connectivity index (χ0n) is 12.6. The zero-order chi connectivity index (χ0) is 16.6. The van der Waals surface area contributed by atoms with Crippen LogP contribution in [0.15, 0.2) is 41.6 Å². The maximum atomic E-state index is 12.8. The number of aromatic carboxylic acids is 1. The van der Waals surface area contributed by atoms with Gasteiger partial charge in [0.15, 0.2) is 5.03 Å². The fraction of sp³-hybridized carbons (Fsp3) is 0.250. The van der Waals surface area contributed by atoms with Crippen LogP contribution in [0.3, 0.4) is 0 Å². The molecule has 2 aromatic rings. The number of nitrogens with zero attached hydrogens (tertiary/aromatic N) is 2. The Labute approximate surface area is 134 Å². The van der Waals surface area contributed by atoms with Gasteiger partial charge in [0.05, 0.1) is 11.3 Å². The summed E-state index contributed by atoms with van der Waals surface area (Å²) in [6.07, 6.45) is 2.73. The molecule has 3 rings (SSSR count). The molecule has 0 saturated heterocycles. The molecule has 0 aliphatic carbocycles. The second-order valence-corrected chi connectivity index (χ2v) is 7.14. The highest BCUT2D eigenvalue weighted by Crippen LogP contribution is 2.33. The van der Waals surface area contributed by atoms with E-state index in [1.54, 1.807) is 6.07 Å². The largest absolute Gasteiger partial charge is 0.478 e. The van der Waals surface area contributed by atoms with Gasteiger partial charge in [-0.1, -0.05) is 19.1 Å². The third-order valence-corrected chi connectivity index (χ3v) is 5.65. The van der Waals surface area contributed by atoms with Crippen molar-refractivity contribution in [1.29, 1.82) is 0 Å². The monoisotopic (exact) mass is 332 g/mol. The maximum absolute atomic E-state index is 12.8. The molecule has 0 saturated carbocycles. The number of fused-ring (bicyclic) bond motifs is 1. The Hall–Kier alpha value is -2.41. The van der Waals surface area contributed by atoms with Crippen molar-refractivity contribution in [3.63, 3.8) is 0 Å². The Morgan fingerprint density at radius 3 is 2.78 bits per heavy atom. The van der Waals surface area contributed by atoms with Gasteiger partial charge < -0.3 is 5.11 Å². The molecule has 120 valence electrons. The van der Waals surface area contributed by atoms with Crippen LogP contribution in [0.25, 0.3) is 0 Å². The standard InChI is InChI=1S/C16H16N2O4S/c1-2-11-3-4-14-12(9-11)6-8-18(14)23(21,22)15-10-13(16(19)20)5-7-17-15/h3-5,7,9-10H,2,6,8H2,1H3,(H,19,20). The Morgan fingerprint density at radius 2 is 2.09 bits per heavy atom. The van der Waals surface area contributed by atoms with Crippen molar-refractivity contribution >= 4 is 21.7 Å². The van der Waals surface area contributed by atoms with Gasteiger partial charge in [0.1, 0.15) is 0 Å². The highest BCUT2D eigenvalue weighted by molar-refractivity contribution is 7.92. The number of aryl methyl sites for hydroxylation is 1. The molecule has 1 aromatic carbocycles. The van der Waals surface area contributed by atoms with E-state index in [2.05, 4.69) is 4.98 Å². The first-order chi connectivity index (χ1) is 10.9. The fourth-order valence-corrected chi connectivity index (χ4v) is 4.16. The molecule has 0 atom stereocenters. The minimum absolute atomic E-state index is 0.0978. The summed E-state index contributed by atoms with van der Waals surface area (Å²) in [5, 5.41) is 8.77. The summed E-state index contributed by atoms with van der Waals surface area (Å²) in [6.45, 7) is 2.39. The lowest BCUT2D eigenvalue weighted by atomic mass is 10.1. The number of anilines is 1. The van der Waals surface area contributed by atoms with Crippen molar-refractivity contribution < 1.29 is 18.3 Å². The number of carboxylic acid groups (broad SMARTS) is 1. The molecular formula is C16H16N2O4S. The lowest BCUT2D eigenvalue weighted by Gasteiger charge is -2.19. The van der Waals surface area contributed by atoms with Crippen molar-refractivity contribution in [1.82, 2.24) is 4.98 Å². The highest BCUT2D eigenvalue weighted by atomic mass is 32.2. The van der Waals surface area contributed by atoms with Crippen LogP contribution in [0.4, 0.5) is 5.69 Å². The van der Waals surface area contributed by atoms with Gasteiger partial charge in [0, 0.05) is 12.7 Å². The number of carboxylic acids is 1. The van der Waals surface area contributed by atoms with Crippen molar-refractivity contribution in [2.75, 3.05) is 10.8 Å². The molecule has 0 amide bonds. The minimum Gasteiger partial charge on any atom is -0.478 e. The maximum Gasteiger partial charge on any atom is 0.335 e. The van der Waals surface area contributed by atoms with Gasteiger partial charge in [-0.25, -0.2) is 9.78 Å². The van der Waals surface area contributed by atoms with Crippen LogP contribution in [0.2, 0.25) is 0 Å². The third-order valence-electron chi connectivity index (χ3n) is 3.94. The quantitative estimate of drug-likeness (QED) is 0.926. The number of aromatic nitrogens is 1. The van der Waals surface area contributed by atoms with Crippen LogP contribution in [-0.4, -0.2) is 31.0 Å². The number of hydrogen-bond donors (Lipinski definition) is 1. The molecule has 0 spiro atoms. The van der Waals surface area contributed by atoms with E-state index in [0.29, 0.717) is 18.7 Å². The molecule has 2 heterocycles. The molecule has 1 aliphatic rings. The van der Waals surface area contributed by atoms with Gasteiger partial charge in [0.2, 0.25) is 0 Å². The SMILES string of the molecule is CCc1ccc2c(c1)CCN2S(=O)(=O)c1cc(C(=O)O)ccn1. The molecule has 23 heavy (non-hydrogen) atoms. The molecule has 1 N–H and O–H groups in total. The number of rotatable bonds is 4. The molecule has 0 radical (unpaired) electrons. The van der Waals surface area contributed by atoms with Gasteiger partial charge in [0.25, 0.3) is 10.0 Å². The minimum atomic E-state index is -3.87. The number of pyridine rings is 1. The Kier molecular flexibility index (Phi) is 3.81. The number of sulfonamides is 1. The summed E-state index contributed by atoms with van der Waals surface area (Å²) < 4.78 is 26.9. The summed E-state index contributed by atoms with van der Waals surface area (Å²) in [6, 6.07) is 8.10. The average molecular weight is 332 g/mol. The van der Waals surface area contributed by atoms with Gasteiger partial charge in [-0.2, -0.15) is 8.42 Å². The Morgan fingerprint density at radius 1 is 1.30 bits per heavy atom. The number of benzene rings is 1. The van der Waals surface area contributed by atoms with Crippen molar-refractivity contribution in [2.45, 2.75) is 24.8 Å². The number of carbonyl (C=O) groups is 1. The summed E-state index contributed by atoms with van der Waals surface area (Å²) in [5.41, 5.74) is 2.69. The molecule has 1 aromatic heterocycles. The van der Waals surface area contributed by atoms with Crippen LogP contribution in [0.1, 0.15) is 28.4 Å². The smallest absolute Gasteiger partial charge is 0.335 e. The van der Waals surface area contributed by atoms with E-state index in [1.165, 1.54) is 16.6 Å². The number of hydrogen-bond acceptors (Lipinski definition) is 4. The lowest BCUT2D eigenvalue weighted by Crippen LogP contribution is -2.30. The van der Waals surface area contributed by atoms with E-state index < -0.39 is 16.0 Å². The van der Waals surface area contributed by atoms with E-state index in [1.807, 2.05) is 19.1 Å². The van der Waals surface area contributed by atoms with Crippen LogP contribution in [0.5, 0.6) is 0 Å². The molecule has 0 unspecified atom stereocenters. The summed E-state index contributed by atoms with van der Waals surface area (Å²) in [7, 11) is -3.87. The second kappa shape index (κ2) is 5.66. The van der Waals surface area contributed by atoms with Crippen molar-refractivity contribution in [3.05, 3.63) is 53.2 Å². The highest BCUT2D eigenvalue weighted by Gasteiger charge is 2.32. The molecule has 6 nitrogen and oxygen atoms in total. The van der Waals surface area contributed by atoms with E-state index in [-0.39, 0.29) is 10.6 Å². The first-order valence-corrected chi connectivity index (χ1v) is 8.71. The predicted molar refractivity (Wildman–Crippen MR) is 85.3 cm³/mol. The van der Waals surface area contributed by atoms with E-state index in [4.69, 9.17) is 5.11 Å². The van der Waals surface area contributed by atoms with Crippen LogP contribution < -0.4 is 4.31 Å². The zero-order valence-corrected chi connectivity index (χ0v) is 13.4. The molecule has 0 fully saturated rings. The fourth-order valence-electron chi connectivity index (χ4n) is 2.69. The third kappa shape index (κ3) is 2.68. The van der Waals surface area contributed by atoms with Crippen LogP contribution in [-0.2, 0) is 22.9 Å². The van der Waals surface area contributed by atoms with Gasteiger partial charge in [-0.05, 0) is 42.2 Å². The van der Waals surface area contributed by atoms with Gasteiger partial charge >= 0.3 is 5.97 Å². The topological polar surface area (TPSA) is 87.6 Å². The first kappa shape index (κ1) is 15.5. The molecule has 1 aliphatic heterocycles. The van der Waals surface area contributed by atoms with E-state index >= 15 is 0 Å². The van der Waals surface area contributed by atoms with Gasteiger partial charge in [-0.15, -0.1) is 0 Å². The summed E-state index contributed by atoms with van der Waals surface area (Å²) in [5.74, 6) is -1.18. The molecule has 7 heteroatoms. The predicted octanol–water partition coefficient (Wildman–Crippen LogP) is 2.09. The second-order valence-electron chi connectivity index (χ2n) is 5.33. The average Bonchev–Trinajstić information content (AvgIpc) is 2.98. The van der Waals surface area contributed by atoms with Crippen LogP contribution >= 0.6 is 0 Å². The molecule has 0 bridgehead atoms. The van der Waals surface area contributed by atoms with Gasteiger partial charge in [-0.3, -0.25) is 4.31 Å². The van der Waals surface area contributed by atoms with E-state index in [0.717, 1.165) is 23.6 Å². The van der Waals surface area contributed by atoms with Crippen molar-refractivity contribution in [2.24, 2.45) is 0 Å².